The summed E-state index contributed by atoms with van der Waals surface area (Å²) in [5.74, 6) is 0.747. The third-order valence-corrected chi connectivity index (χ3v) is 3.32. The van der Waals surface area contributed by atoms with Crippen molar-refractivity contribution in [2.24, 2.45) is 11.7 Å². The second-order valence-electron chi connectivity index (χ2n) is 4.70. The molecule has 0 bridgehead atoms. The predicted molar refractivity (Wildman–Crippen MR) is 68.0 cm³/mol. The Balaban J connectivity index is 1.81. The number of carbonyl (C=O) groups excluding carboxylic acids is 1. The van der Waals surface area contributed by atoms with E-state index in [1.165, 1.54) is 0 Å². The van der Waals surface area contributed by atoms with Gasteiger partial charge in [-0.25, -0.2) is 4.98 Å². The Hall–Kier alpha value is -1.62. The van der Waals surface area contributed by atoms with E-state index in [0.29, 0.717) is 12.4 Å². The molecular formula is C13H19N3O2. The van der Waals surface area contributed by atoms with E-state index in [1.54, 1.807) is 19.4 Å². The van der Waals surface area contributed by atoms with E-state index in [1.807, 2.05) is 6.07 Å². The SMILES string of the molecule is COc1ccc(CNC(=O)C2CCC(N)C2)cn1. The molecule has 2 atom stereocenters. The topological polar surface area (TPSA) is 77.2 Å². The van der Waals surface area contributed by atoms with Crippen molar-refractivity contribution in [2.75, 3.05) is 7.11 Å². The lowest BCUT2D eigenvalue weighted by Crippen LogP contribution is -2.30. The fourth-order valence-corrected chi connectivity index (χ4v) is 2.22. The number of ether oxygens (including phenoxy) is 1. The van der Waals surface area contributed by atoms with Crippen molar-refractivity contribution in [1.82, 2.24) is 10.3 Å². The standard InChI is InChI=1S/C13H19N3O2/c1-18-12-5-2-9(7-15-12)8-16-13(17)10-3-4-11(14)6-10/h2,5,7,10-11H,3-4,6,8,14H2,1H3,(H,16,17). The number of nitrogens with two attached hydrogens (primary N) is 1. The van der Waals surface area contributed by atoms with Gasteiger partial charge in [0.15, 0.2) is 0 Å². The van der Waals surface area contributed by atoms with Gasteiger partial charge < -0.3 is 15.8 Å². The third-order valence-electron chi connectivity index (χ3n) is 3.32. The first-order valence-electron chi connectivity index (χ1n) is 6.21. The molecule has 1 heterocycles. The van der Waals surface area contributed by atoms with E-state index < -0.39 is 0 Å². The zero-order chi connectivity index (χ0) is 13.0. The van der Waals surface area contributed by atoms with Crippen LogP contribution in [0.25, 0.3) is 0 Å². The third kappa shape index (κ3) is 3.20. The summed E-state index contributed by atoms with van der Waals surface area (Å²) < 4.78 is 4.98. The number of carbonyl (C=O) groups is 1. The summed E-state index contributed by atoms with van der Waals surface area (Å²) in [4.78, 5) is 16.0. The van der Waals surface area contributed by atoms with Crippen LogP contribution in [0.5, 0.6) is 5.88 Å². The first-order chi connectivity index (χ1) is 8.69. The van der Waals surface area contributed by atoms with E-state index in [2.05, 4.69) is 10.3 Å². The van der Waals surface area contributed by atoms with Crippen molar-refractivity contribution < 1.29 is 9.53 Å². The highest BCUT2D eigenvalue weighted by Gasteiger charge is 2.27. The molecule has 1 fully saturated rings. The van der Waals surface area contributed by atoms with Crippen LogP contribution in [0.4, 0.5) is 0 Å². The van der Waals surface area contributed by atoms with Crippen LogP contribution in [0.2, 0.25) is 0 Å². The summed E-state index contributed by atoms with van der Waals surface area (Å²) in [5, 5.41) is 2.92. The quantitative estimate of drug-likeness (QED) is 0.828. The van der Waals surface area contributed by atoms with Gasteiger partial charge in [0.25, 0.3) is 0 Å². The van der Waals surface area contributed by atoms with E-state index >= 15 is 0 Å². The first-order valence-corrected chi connectivity index (χ1v) is 6.21. The van der Waals surface area contributed by atoms with Gasteiger partial charge in [0, 0.05) is 30.8 Å². The van der Waals surface area contributed by atoms with Crippen LogP contribution in [0.1, 0.15) is 24.8 Å². The van der Waals surface area contributed by atoms with Crippen molar-refractivity contribution in [3.63, 3.8) is 0 Å². The molecule has 2 unspecified atom stereocenters. The lowest BCUT2D eigenvalue weighted by Gasteiger charge is -2.10. The minimum absolute atomic E-state index is 0.0752. The van der Waals surface area contributed by atoms with E-state index in [0.717, 1.165) is 24.8 Å². The summed E-state index contributed by atoms with van der Waals surface area (Å²) in [6.45, 7) is 0.502. The van der Waals surface area contributed by atoms with Crippen LogP contribution < -0.4 is 15.8 Å². The molecule has 1 aliphatic carbocycles. The molecular weight excluding hydrogens is 230 g/mol. The van der Waals surface area contributed by atoms with Crippen molar-refractivity contribution in [2.45, 2.75) is 31.8 Å². The molecule has 0 spiro atoms. The number of hydrogen-bond donors (Lipinski definition) is 2. The number of amides is 1. The van der Waals surface area contributed by atoms with Gasteiger partial charge in [0.1, 0.15) is 0 Å². The number of methoxy groups -OCH3 is 1. The molecule has 1 amide bonds. The Morgan fingerprint density at radius 2 is 2.39 bits per heavy atom. The van der Waals surface area contributed by atoms with E-state index in [-0.39, 0.29) is 17.9 Å². The number of hydrogen-bond acceptors (Lipinski definition) is 4. The molecule has 2 rings (SSSR count). The molecule has 98 valence electrons. The summed E-state index contributed by atoms with van der Waals surface area (Å²) in [6.07, 6.45) is 4.35. The number of nitrogens with zero attached hydrogens (tertiary/aromatic N) is 1. The highest BCUT2D eigenvalue weighted by molar-refractivity contribution is 5.78. The van der Waals surface area contributed by atoms with Crippen LogP contribution in [0.3, 0.4) is 0 Å². The monoisotopic (exact) mass is 249 g/mol. The molecule has 1 saturated carbocycles. The molecule has 0 aromatic carbocycles. The largest absolute Gasteiger partial charge is 0.481 e. The van der Waals surface area contributed by atoms with Gasteiger partial charge in [-0.3, -0.25) is 4.79 Å². The minimum atomic E-state index is 0.0752. The Bertz CT molecular complexity index is 405. The molecule has 18 heavy (non-hydrogen) atoms. The number of aromatic nitrogens is 1. The molecule has 5 nitrogen and oxygen atoms in total. The zero-order valence-corrected chi connectivity index (χ0v) is 10.6. The Labute approximate surface area is 107 Å². The van der Waals surface area contributed by atoms with Gasteiger partial charge in [-0.15, -0.1) is 0 Å². The van der Waals surface area contributed by atoms with Crippen LogP contribution in [-0.2, 0) is 11.3 Å². The van der Waals surface area contributed by atoms with Crippen molar-refractivity contribution in [3.8, 4) is 5.88 Å². The van der Waals surface area contributed by atoms with Crippen molar-refractivity contribution >= 4 is 5.91 Å². The van der Waals surface area contributed by atoms with Gasteiger partial charge in [-0.2, -0.15) is 0 Å². The number of rotatable bonds is 4. The summed E-state index contributed by atoms with van der Waals surface area (Å²) in [7, 11) is 1.58. The van der Waals surface area contributed by atoms with Gasteiger partial charge in [-0.1, -0.05) is 6.07 Å². The summed E-state index contributed by atoms with van der Waals surface area (Å²) in [5.41, 5.74) is 6.76. The normalized spacial score (nSPS) is 22.8. The van der Waals surface area contributed by atoms with Gasteiger partial charge in [0.05, 0.1) is 7.11 Å². The molecule has 1 aliphatic rings. The van der Waals surface area contributed by atoms with Gasteiger partial charge >= 0.3 is 0 Å². The number of pyridine rings is 1. The highest BCUT2D eigenvalue weighted by Crippen LogP contribution is 2.24. The average molecular weight is 249 g/mol. The van der Waals surface area contributed by atoms with E-state index in [9.17, 15) is 4.79 Å². The lowest BCUT2D eigenvalue weighted by molar-refractivity contribution is -0.125. The maximum absolute atomic E-state index is 11.9. The van der Waals surface area contributed by atoms with Crippen LogP contribution in [0, 0.1) is 5.92 Å². The fourth-order valence-electron chi connectivity index (χ4n) is 2.22. The summed E-state index contributed by atoms with van der Waals surface area (Å²) >= 11 is 0. The number of nitrogens with one attached hydrogen (secondary N) is 1. The summed E-state index contributed by atoms with van der Waals surface area (Å²) in [6, 6.07) is 3.86. The van der Waals surface area contributed by atoms with Crippen LogP contribution >= 0.6 is 0 Å². The maximum Gasteiger partial charge on any atom is 0.223 e. The first kappa shape index (κ1) is 12.8. The molecule has 5 heteroatoms. The highest BCUT2D eigenvalue weighted by atomic mass is 16.5. The molecule has 0 radical (unpaired) electrons. The predicted octanol–water partition coefficient (Wildman–Crippen LogP) is 0.834. The van der Waals surface area contributed by atoms with E-state index in [4.69, 9.17) is 10.5 Å². The molecule has 0 aliphatic heterocycles. The van der Waals surface area contributed by atoms with Crippen LogP contribution in [-0.4, -0.2) is 24.0 Å². The Morgan fingerprint density at radius 1 is 1.56 bits per heavy atom. The average Bonchev–Trinajstić information content (AvgIpc) is 2.83. The second kappa shape index (κ2) is 5.82. The lowest BCUT2D eigenvalue weighted by atomic mass is 10.1. The Morgan fingerprint density at radius 3 is 2.94 bits per heavy atom. The molecule has 1 aromatic rings. The Kier molecular flexibility index (Phi) is 4.15. The molecule has 3 N–H and O–H groups in total. The smallest absolute Gasteiger partial charge is 0.223 e. The maximum atomic E-state index is 11.9. The van der Waals surface area contributed by atoms with Crippen LogP contribution in [0.15, 0.2) is 18.3 Å². The van der Waals surface area contributed by atoms with Gasteiger partial charge in [0.2, 0.25) is 11.8 Å². The van der Waals surface area contributed by atoms with Crippen molar-refractivity contribution in [1.29, 1.82) is 0 Å². The minimum Gasteiger partial charge on any atom is -0.481 e. The van der Waals surface area contributed by atoms with Gasteiger partial charge in [-0.05, 0) is 24.8 Å². The fraction of sp³-hybridized carbons (Fsp3) is 0.538. The second-order valence-corrected chi connectivity index (χ2v) is 4.70. The molecule has 0 saturated heterocycles. The van der Waals surface area contributed by atoms with Crippen molar-refractivity contribution in [3.05, 3.63) is 23.9 Å². The molecule has 1 aromatic heterocycles. The zero-order valence-electron chi connectivity index (χ0n) is 10.6.